The Morgan fingerprint density at radius 1 is 1.13 bits per heavy atom. The molecule has 0 bridgehead atoms. The molecule has 2 aromatic carbocycles. The Hall–Kier alpha value is -1.41. The Labute approximate surface area is 88.7 Å². The summed E-state index contributed by atoms with van der Waals surface area (Å²) in [5, 5.41) is 1.64. The highest BCUT2D eigenvalue weighted by Crippen LogP contribution is 2.22. The summed E-state index contributed by atoms with van der Waals surface area (Å²) in [5.41, 5.74) is 6.87. The van der Waals surface area contributed by atoms with Crippen LogP contribution < -0.4 is 5.73 Å². The van der Waals surface area contributed by atoms with Crippen molar-refractivity contribution in [2.75, 3.05) is 0 Å². The highest BCUT2D eigenvalue weighted by Gasteiger charge is 2.05. The predicted molar refractivity (Wildman–Crippen MR) is 61.3 cm³/mol. The fraction of sp³-hybridized carbons (Fsp3) is 0.231. The summed E-state index contributed by atoms with van der Waals surface area (Å²) in [6, 6.07) is 10.9. The van der Waals surface area contributed by atoms with E-state index in [-0.39, 0.29) is 11.9 Å². The zero-order valence-electron chi connectivity index (χ0n) is 8.70. The van der Waals surface area contributed by atoms with Crippen LogP contribution in [-0.2, 0) is 6.42 Å². The van der Waals surface area contributed by atoms with Gasteiger partial charge in [0.25, 0.3) is 0 Å². The zero-order valence-corrected chi connectivity index (χ0v) is 8.70. The largest absolute Gasteiger partial charge is 0.328 e. The average molecular weight is 203 g/mol. The van der Waals surface area contributed by atoms with E-state index in [1.807, 2.05) is 25.1 Å². The molecule has 0 aliphatic heterocycles. The monoisotopic (exact) mass is 203 g/mol. The van der Waals surface area contributed by atoms with Crippen molar-refractivity contribution in [3.05, 3.63) is 47.8 Å². The number of halogens is 1. The van der Waals surface area contributed by atoms with Crippen LogP contribution in [0.25, 0.3) is 10.8 Å². The van der Waals surface area contributed by atoms with Gasteiger partial charge in [-0.15, -0.1) is 0 Å². The van der Waals surface area contributed by atoms with Gasteiger partial charge in [0.15, 0.2) is 0 Å². The predicted octanol–water partition coefficient (Wildman–Crippen LogP) is 2.87. The summed E-state index contributed by atoms with van der Waals surface area (Å²) >= 11 is 0. The molecule has 1 unspecified atom stereocenters. The molecule has 0 radical (unpaired) electrons. The second kappa shape index (κ2) is 3.99. The van der Waals surface area contributed by atoms with E-state index >= 15 is 0 Å². The molecular weight excluding hydrogens is 189 g/mol. The number of nitrogens with two attached hydrogens (primary N) is 1. The van der Waals surface area contributed by atoms with Gasteiger partial charge >= 0.3 is 0 Å². The first-order chi connectivity index (χ1) is 7.18. The van der Waals surface area contributed by atoms with Gasteiger partial charge in [-0.25, -0.2) is 4.39 Å². The first-order valence-electron chi connectivity index (χ1n) is 5.10. The fourth-order valence-corrected chi connectivity index (χ4v) is 1.86. The molecule has 2 heteroatoms. The summed E-state index contributed by atoms with van der Waals surface area (Å²) in [5.74, 6) is -0.168. The third kappa shape index (κ3) is 2.00. The van der Waals surface area contributed by atoms with E-state index in [1.165, 1.54) is 6.07 Å². The van der Waals surface area contributed by atoms with Crippen molar-refractivity contribution in [3.8, 4) is 0 Å². The molecular formula is C13H14FN. The van der Waals surface area contributed by atoms with Gasteiger partial charge in [-0.3, -0.25) is 0 Å². The quantitative estimate of drug-likeness (QED) is 0.798. The van der Waals surface area contributed by atoms with Gasteiger partial charge in [-0.2, -0.15) is 0 Å². The van der Waals surface area contributed by atoms with Crippen molar-refractivity contribution in [2.24, 2.45) is 5.73 Å². The van der Waals surface area contributed by atoms with Crippen molar-refractivity contribution in [1.29, 1.82) is 0 Å². The van der Waals surface area contributed by atoms with E-state index in [2.05, 4.69) is 0 Å². The molecule has 0 amide bonds. The van der Waals surface area contributed by atoms with Crippen molar-refractivity contribution in [3.63, 3.8) is 0 Å². The van der Waals surface area contributed by atoms with Gasteiger partial charge in [0.05, 0.1) is 0 Å². The lowest BCUT2D eigenvalue weighted by molar-refractivity contribution is 0.639. The standard InChI is InChI=1S/C13H14FN/c1-9(15)8-10-4-2-6-12-11(10)5-3-7-13(12)14/h2-7,9H,8,15H2,1H3. The van der Waals surface area contributed by atoms with Gasteiger partial charge in [0, 0.05) is 11.4 Å². The molecule has 0 aromatic heterocycles. The summed E-state index contributed by atoms with van der Waals surface area (Å²) in [6.07, 6.45) is 0.779. The molecule has 15 heavy (non-hydrogen) atoms. The molecule has 0 fully saturated rings. The molecule has 0 aliphatic rings. The van der Waals surface area contributed by atoms with Crippen LogP contribution in [0.15, 0.2) is 36.4 Å². The van der Waals surface area contributed by atoms with Crippen LogP contribution in [-0.4, -0.2) is 6.04 Å². The minimum atomic E-state index is -0.168. The summed E-state index contributed by atoms with van der Waals surface area (Å²) in [6.45, 7) is 1.96. The molecule has 2 rings (SSSR count). The first kappa shape index (κ1) is 10.1. The third-order valence-electron chi connectivity index (χ3n) is 2.50. The lowest BCUT2D eigenvalue weighted by Crippen LogP contribution is -2.17. The summed E-state index contributed by atoms with van der Waals surface area (Å²) < 4.78 is 13.5. The van der Waals surface area contributed by atoms with Crippen LogP contribution in [0.3, 0.4) is 0 Å². The second-order valence-corrected chi connectivity index (χ2v) is 3.93. The zero-order chi connectivity index (χ0) is 10.8. The van der Waals surface area contributed by atoms with Crippen LogP contribution in [0, 0.1) is 5.82 Å². The maximum atomic E-state index is 13.5. The second-order valence-electron chi connectivity index (χ2n) is 3.93. The van der Waals surface area contributed by atoms with Crippen LogP contribution in [0.5, 0.6) is 0 Å². The topological polar surface area (TPSA) is 26.0 Å². The molecule has 0 heterocycles. The normalized spacial score (nSPS) is 13.0. The minimum Gasteiger partial charge on any atom is -0.328 e. The number of rotatable bonds is 2. The molecule has 0 saturated carbocycles. The van der Waals surface area contributed by atoms with Crippen molar-refractivity contribution in [1.82, 2.24) is 0 Å². The maximum absolute atomic E-state index is 13.5. The fourth-order valence-electron chi connectivity index (χ4n) is 1.86. The van der Waals surface area contributed by atoms with Gasteiger partial charge in [-0.1, -0.05) is 30.3 Å². The lowest BCUT2D eigenvalue weighted by atomic mass is 9.99. The SMILES string of the molecule is CC(N)Cc1cccc2c(F)cccc12. The van der Waals surface area contributed by atoms with Crippen LogP contribution >= 0.6 is 0 Å². The Kier molecular flexibility index (Phi) is 2.69. The van der Waals surface area contributed by atoms with E-state index in [9.17, 15) is 4.39 Å². The van der Waals surface area contributed by atoms with Crippen LogP contribution in [0.2, 0.25) is 0 Å². The molecule has 2 N–H and O–H groups in total. The molecule has 78 valence electrons. The highest BCUT2D eigenvalue weighted by atomic mass is 19.1. The van der Waals surface area contributed by atoms with E-state index in [1.54, 1.807) is 12.1 Å². The molecule has 0 aliphatic carbocycles. The average Bonchev–Trinajstić information content (AvgIpc) is 2.19. The van der Waals surface area contributed by atoms with Crippen LogP contribution in [0.4, 0.5) is 4.39 Å². The molecule has 0 saturated heterocycles. The summed E-state index contributed by atoms with van der Waals surface area (Å²) in [4.78, 5) is 0. The Balaban J connectivity index is 2.61. The Bertz CT molecular complexity index is 477. The van der Waals surface area contributed by atoms with Crippen molar-refractivity contribution in [2.45, 2.75) is 19.4 Å². The number of hydrogen-bond donors (Lipinski definition) is 1. The van der Waals surface area contributed by atoms with Gasteiger partial charge in [0.2, 0.25) is 0 Å². The van der Waals surface area contributed by atoms with E-state index in [0.717, 1.165) is 17.4 Å². The maximum Gasteiger partial charge on any atom is 0.131 e. The number of benzene rings is 2. The van der Waals surface area contributed by atoms with E-state index in [4.69, 9.17) is 5.73 Å². The van der Waals surface area contributed by atoms with Gasteiger partial charge in [-0.05, 0) is 30.4 Å². The van der Waals surface area contributed by atoms with Crippen LogP contribution in [0.1, 0.15) is 12.5 Å². The Morgan fingerprint density at radius 3 is 2.53 bits per heavy atom. The third-order valence-corrected chi connectivity index (χ3v) is 2.50. The van der Waals surface area contributed by atoms with Gasteiger partial charge in [0.1, 0.15) is 5.82 Å². The smallest absolute Gasteiger partial charge is 0.131 e. The molecule has 1 nitrogen and oxygen atoms in total. The van der Waals surface area contributed by atoms with Gasteiger partial charge < -0.3 is 5.73 Å². The van der Waals surface area contributed by atoms with Crippen molar-refractivity contribution >= 4 is 10.8 Å². The molecule has 1 atom stereocenters. The number of hydrogen-bond acceptors (Lipinski definition) is 1. The van der Waals surface area contributed by atoms with E-state index in [0.29, 0.717) is 5.39 Å². The molecule has 0 spiro atoms. The first-order valence-corrected chi connectivity index (χ1v) is 5.10. The minimum absolute atomic E-state index is 0.0962. The van der Waals surface area contributed by atoms with E-state index < -0.39 is 0 Å². The number of fused-ring (bicyclic) bond motifs is 1. The highest BCUT2D eigenvalue weighted by molar-refractivity contribution is 5.86. The Morgan fingerprint density at radius 2 is 1.80 bits per heavy atom. The van der Waals surface area contributed by atoms with Crippen molar-refractivity contribution < 1.29 is 4.39 Å². The summed E-state index contributed by atoms with van der Waals surface area (Å²) in [7, 11) is 0. The molecule has 2 aromatic rings. The lowest BCUT2D eigenvalue weighted by Gasteiger charge is -2.09.